The molecule has 1 atom stereocenters. The van der Waals surface area contributed by atoms with Gasteiger partial charge in [0, 0.05) is 11.6 Å². The molecule has 3 nitrogen and oxygen atoms in total. The molecule has 1 aromatic rings. The van der Waals surface area contributed by atoms with E-state index in [0.717, 1.165) is 12.1 Å². The number of nitrogens with two attached hydrogens (primary N) is 1. The lowest BCUT2D eigenvalue weighted by Gasteiger charge is -2.12. The van der Waals surface area contributed by atoms with Crippen LogP contribution >= 0.6 is 0 Å². The zero-order valence-electron chi connectivity index (χ0n) is 7.96. The number of benzene rings is 1. The van der Waals surface area contributed by atoms with Crippen molar-refractivity contribution in [2.45, 2.75) is 12.4 Å². The van der Waals surface area contributed by atoms with E-state index in [2.05, 4.69) is 4.74 Å². The minimum atomic E-state index is -4.87. The molecule has 7 heteroatoms. The van der Waals surface area contributed by atoms with Gasteiger partial charge in [-0.2, -0.15) is 0 Å². The highest BCUT2D eigenvalue weighted by Crippen LogP contribution is 2.26. The second kappa shape index (κ2) is 4.67. The molecule has 0 radical (unpaired) electrons. The Morgan fingerprint density at radius 2 is 2.00 bits per heavy atom. The quantitative estimate of drug-likeness (QED) is 0.789. The van der Waals surface area contributed by atoms with Gasteiger partial charge in [-0.15, -0.1) is 13.2 Å². The zero-order chi connectivity index (χ0) is 12.3. The van der Waals surface area contributed by atoms with Gasteiger partial charge in [-0.25, -0.2) is 4.39 Å². The Morgan fingerprint density at radius 3 is 2.44 bits per heavy atom. The molecule has 1 aromatic carbocycles. The van der Waals surface area contributed by atoms with Crippen LogP contribution in [0.4, 0.5) is 17.6 Å². The third kappa shape index (κ3) is 3.35. The number of ether oxygens (including phenoxy) is 1. The maximum atomic E-state index is 13.2. The molecule has 0 spiro atoms. The van der Waals surface area contributed by atoms with E-state index in [1.807, 2.05) is 0 Å². The highest BCUT2D eigenvalue weighted by molar-refractivity contribution is 5.30. The van der Waals surface area contributed by atoms with Crippen LogP contribution in [0.2, 0.25) is 0 Å². The van der Waals surface area contributed by atoms with Gasteiger partial charge in [-0.3, -0.25) is 0 Å². The lowest BCUT2D eigenvalue weighted by molar-refractivity contribution is -0.274. The van der Waals surface area contributed by atoms with Crippen LogP contribution in [0.5, 0.6) is 5.75 Å². The lowest BCUT2D eigenvalue weighted by atomic mass is 10.1. The number of hydrogen-bond acceptors (Lipinski definition) is 3. The van der Waals surface area contributed by atoms with Crippen molar-refractivity contribution < 1.29 is 27.4 Å². The van der Waals surface area contributed by atoms with E-state index in [0.29, 0.717) is 6.07 Å². The Balaban J connectivity index is 2.91. The van der Waals surface area contributed by atoms with E-state index >= 15 is 0 Å². The third-order valence-electron chi connectivity index (χ3n) is 1.80. The molecule has 0 aliphatic rings. The third-order valence-corrected chi connectivity index (χ3v) is 1.80. The van der Waals surface area contributed by atoms with Crippen LogP contribution in [0.15, 0.2) is 18.2 Å². The fourth-order valence-electron chi connectivity index (χ4n) is 1.10. The van der Waals surface area contributed by atoms with Gasteiger partial charge >= 0.3 is 6.36 Å². The lowest BCUT2D eigenvalue weighted by Crippen LogP contribution is -2.18. The average Bonchev–Trinajstić information content (AvgIpc) is 2.14. The molecule has 0 amide bonds. The fraction of sp³-hybridized carbons (Fsp3) is 0.333. The van der Waals surface area contributed by atoms with Gasteiger partial charge in [0.25, 0.3) is 0 Å². The van der Waals surface area contributed by atoms with Crippen LogP contribution in [0.1, 0.15) is 11.6 Å². The number of aliphatic hydroxyl groups excluding tert-OH is 1. The fourth-order valence-corrected chi connectivity index (χ4v) is 1.10. The summed E-state index contributed by atoms with van der Waals surface area (Å²) in [5.74, 6) is -1.62. The molecule has 0 aromatic heterocycles. The van der Waals surface area contributed by atoms with E-state index < -0.39 is 30.6 Å². The second-order valence-corrected chi connectivity index (χ2v) is 3.02. The van der Waals surface area contributed by atoms with Crippen molar-refractivity contribution in [3.8, 4) is 5.75 Å². The summed E-state index contributed by atoms with van der Waals surface area (Å²) in [6, 6.07) is 1.57. The molecule has 0 fully saturated rings. The van der Waals surface area contributed by atoms with Gasteiger partial charge in [0.2, 0.25) is 0 Å². The van der Waals surface area contributed by atoms with E-state index in [1.165, 1.54) is 0 Å². The molecular formula is C9H9F4NO2. The first kappa shape index (κ1) is 12.7. The number of rotatable bonds is 3. The molecule has 0 heterocycles. The molecule has 1 rings (SSSR count). The van der Waals surface area contributed by atoms with Crippen molar-refractivity contribution >= 4 is 0 Å². The highest BCUT2D eigenvalue weighted by Gasteiger charge is 2.31. The number of alkyl halides is 3. The smallest absolute Gasteiger partial charge is 0.406 e. The molecule has 0 aliphatic heterocycles. The largest absolute Gasteiger partial charge is 0.573 e. The van der Waals surface area contributed by atoms with Gasteiger partial charge in [-0.05, 0) is 6.07 Å². The Morgan fingerprint density at radius 1 is 1.38 bits per heavy atom. The van der Waals surface area contributed by atoms with Crippen LogP contribution in [-0.4, -0.2) is 18.1 Å². The summed E-state index contributed by atoms with van der Waals surface area (Å²) in [7, 11) is 0. The SMILES string of the molecule is N[C@H](CO)c1ccc(OC(F)(F)F)cc1F. The molecule has 3 N–H and O–H groups in total. The minimum absolute atomic E-state index is 0.0722. The second-order valence-electron chi connectivity index (χ2n) is 3.02. The summed E-state index contributed by atoms with van der Waals surface area (Å²) in [6.45, 7) is -0.504. The molecule has 16 heavy (non-hydrogen) atoms. The van der Waals surface area contributed by atoms with Crippen molar-refractivity contribution in [2.75, 3.05) is 6.61 Å². The predicted molar refractivity (Wildman–Crippen MR) is 47.1 cm³/mol. The van der Waals surface area contributed by atoms with Gasteiger partial charge in [0.1, 0.15) is 11.6 Å². The van der Waals surface area contributed by atoms with Crippen molar-refractivity contribution in [3.63, 3.8) is 0 Å². The molecule has 0 unspecified atom stereocenters. The average molecular weight is 239 g/mol. The molecule has 90 valence electrons. The van der Waals surface area contributed by atoms with E-state index in [9.17, 15) is 17.6 Å². The van der Waals surface area contributed by atoms with Crippen LogP contribution in [0.25, 0.3) is 0 Å². The molecule has 0 bridgehead atoms. The van der Waals surface area contributed by atoms with Crippen molar-refractivity contribution in [1.82, 2.24) is 0 Å². The zero-order valence-corrected chi connectivity index (χ0v) is 7.96. The first-order chi connectivity index (χ1) is 7.33. The summed E-state index contributed by atoms with van der Waals surface area (Å²) in [6.07, 6.45) is -4.87. The van der Waals surface area contributed by atoms with Gasteiger partial charge in [0.15, 0.2) is 0 Å². The molecular weight excluding hydrogens is 230 g/mol. The van der Waals surface area contributed by atoms with Gasteiger partial charge < -0.3 is 15.6 Å². The van der Waals surface area contributed by atoms with Gasteiger partial charge in [0.05, 0.1) is 12.6 Å². The monoisotopic (exact) mass is 239 g/mol. The maximum Gasteiger partial charge on any atom is 0.573 e. The molecule has 0 saturated heterocycles. The Labute approximate surface area is 88.4 Å². The van der Waals surface area contributed by atoms with Crippen LogP contribution < -0.4 is 10.5 Å². The van der Waals surface area contributed by atoms with Crippen LogP contribution in [0, 0.1) is 5.82 Å². The van der Waals surface area contributed by atoms with Crippen molar-refractivity contribution in [3.05, 3.63) is 29.6 Å². The normalized spacial score (nSPS) is 13.6. The van der Waals surface area contributed by atoms with Crippen LogP contribution in [-0.2, 0) is 0 Å². The number of halogens is 4. The van der Waals surface area contributed by atoms with Gasteiger partial charge in [-0.1, -0.05) is 6.07 Å². The Hall–Kier alpha value is -1.34. The minimum Gasteiger partial charge on any atom is -0.406 e. The van der Waals surface area contributed by atoms with E-state index in [1.54, 1.807) is 0 Å². The number of aliphatic hydroxyl groups is 1. The topological polar surface area (TPSA) is 55.5 Å². The molecule has 0 aliphatic carbocycles. The first-order valence-electron chi connectivity index (χ1n) is 4.25. The number of hydrogen-bond donors (Lipinski definition) is 2. The maximum absolute atomic E-state index is 13.2. The van der Waals surface area contributed by atoms with E-state index in [-0.39, 0.29) is 5.56 Å². The summed E-state index contributed by atoms with van der Waals surface area (Å²) < 4.78 is 52.1. The van der Waals surface area contributed by atoms with Crippen LogP contribution in [0.3, 0.4) is 0 Å². The van der Waals surface area contributed by atoms with Crippen molar-refractivity contribution in [2.24, 2.45) is 5.73 Å². The van der Waals surface area contributed by atoms with Crippen molar-refractivity contribution in [1.29, 1.82) is 0 Å². The Kier molecular flexibility index (Phi) is 3.71. The summed E-state index contributed by atoms with van der Waals surface area (Å²) in [5.41, 5.74) is 5.25. The first-order valence-corrected chi connectivity index (χ1v) is 4.25. The standard InChI is InChI=1S/C9H9F4NO2/c10-7-3-5(16-9(11,12)13)1-2-6(7)8(14)4-15/h1-3,8,15H,4,14H2/t8-/m1/s1. The predicted octanol–water partition coefficient (Wildman–Crippen LogP) is 1.72. The van der Waals surface area contributed by atoms with E-state index in [4.69, 9.17) is 10.8 Å². The Bertz CT molecular complexity index is 367. The molecule has 0 saturated carbocycles. The highest BCUT2D eigenvalue weighted by atomic mass is 19.4. The summed E-state index contributed by atoms with van der Waals surface area (Å²) in [4.78, 5) is 0. The summed E-state index contributed by atoms with van der Waals surface area (Å²) in [5, 5.41) is 8.67. The summed E-state index contributed by atoms with van der Waals surface area (Å²) >= 11 is 0.